The number of hydrazine groups is 1. The lowest BCUT2D eigenvalue weighted by atomic mass is 10.1. The number of esters is 1. The van der Waals surface area contributed by atoms with Gasteiger partial charge >= 0.3 is 11.7 Å². The van der Waals surface area contributed by atoms with Crippen molar-refractivity contribution in [3.8, 4) is 11.8 Å². The number of anilines is 1. The van der Waals surface area contributed by atoms with E-state index in [0.29, 0.717) is 11.3 Å². The standard InChI is InChI=1S/C18H22N6O5S/c1-5-28-15(25)9-13-16(24(26)27)17(23(20)18(21-13)30-4)29-12-7-6-11(10-19)14(8-12)22(2)3/h6-8,18H,5,9,20H2,1-4H3. The van der Waals surface area contributed by atoms with Crippen molar-refractivity contribution < 1.29 is 19.2 Å². The number of benzene rings is 1. The molecular formula is C18H22N6O5S. The van der Waals surface area contributed by atoms with Gasteiger partial charge in [0.15, 0.2) is 5.50 Å². The molecule has 0 spiro atoms. The fourth-order valence-corrected chi connectivity index (χ4v) is 3.24. The first-order chi connectivity index (χ1) is 14.2. The van der Waals surface area contributed by atoms with E-state index in [1.54, 1.807) is 44.3 Å². The maximum atomic E-state index is 11.9. The molecule has 0 saturated carbocycles. The third-order valence-corrected chi connectivity index (χ3v) is 4.77. The molecule has 1 atom stereocenters. The zero-order chi connectivity index (χ0) is 22.4. The van der Waals surface area contributed by atoms with E-state index in [4.69, 9.17) is 15.3 Å². The number of thioether (sulfide) groups is 1. The lowest BCUT2D eigenvalue weighted by Gasteiger charge is -2.30. The lowest BCUT2D eigenvalue weighted by molar-refractivity contribution is -0.419. The smallest absolute Gasteiger partial charge is 0.352 e. The van der Waals surface area contributed by atoms with E-state index in [1.807, 2.05) is 0 Å². The van der Waals surface area contributed by atoms with Crippen molar-refractivity contribution in [3.05, 3.63) is 45.5 Å². The van der Waals surface area contributed by atoms with E-state index >= 15 is 0 Å². The number of allylic oxidation sites excluding steroid dienone is 1. The molecule has 0 radical (unpaired) electrons. The molecule has 2 rings (SSSR count). The molecule has 11 nitrogen and oxygen atoms in total. The second-order valence-corrected chi connectivity index (χ2v) is 7.12. The SMILES string of the molecule is CCOC(=O)CC1=NC(SC)N(N)C(Oc2ccc(C#N)c(N(C)C)c2)=C1[N+](=O)[O-]. The largest absolute Gasteiger partial charge is 0.466 e. The van der Waals surface area contributed by atoms with Gasteiger partial charge in [-0.05, 0) is 25.3 Å². The van der Waals surface area contributed by atoms with Gasteiger partial charge < -0.3 is 14.4 Å². The predicted molar refractivity (Wildman–Crippen MR) is 112 cm³/mol. The topological polar surface area (TPSA) is 147 Å². The highest BCUT2D eigenvalue weighted by Gasteiger charge is 2.39. The molecule has 0 amide bonds. The maximum Gasteiger partial charge on any atom is 0.352 e. The van der Waals surface area contributed by atoms with Crippen molar-refractivity contribution in [1.29, 1.82) is 5.26 Å². The molecule has 2 N–H and O–H groups in total. The molecule has 1 aromatic carbocycles. The van der Waals surface area contributed by atoms with Crippen molar-refractivity contribution in [2.24, 2.45) is 10.8 Å². The number of carbonyl (C=O) groups excluding carboxylic acids is 1. The van der Waals surface area contributed by atoms with Crippen LogP contribution in [-0.2, 0) is 9.53 Å². The van der Waals surface area contributed by atoms with Crippen molar-refractivity contribution in [2.45, 2.75) is 18.8 Å². The van der Waals surface area contributed by atoms with Crippen LogP contribution in [0, 0.1) is 21.4 Å². The fraction of sp³-hybridized carbons (Fsp3) is 0.389. The van der Waals surface area contributed by atoms with Gasteiger partial charge in [0.1, 0.15) is 17.5 Å². The first kappa shape index (κ1) is 23.0. The summed E-state index contributed by atoms with van der Waals surface area (Å²) in [5.41, 5.74) is -0.363. The summed E-state index contributed by atoms with van der Waals surface area (Å²) in [7, 11) is 3.51. The van der Waals surface area contributed by atoms with Crippen LogP contribution in [0.15, 0.2) is 34.8 Å². The minimum Gasteiger partial charge on any atom is -0.466 e. The van der Waals surface area contributed by atoms with Gasteiger partial charge in [-0.2, -0.15) is 5.26 Å². The van der Waals surface area contributed by atoms with E-state index in [1.165, 1.54) is 17.8 Å². The van der Waals surface area contributed by atoms with Gasteiger partial charge in [0.2, 0.25) is 0 Å². The summed E-state index contributed by atoms with van der Waals surface area (Å²) in [4.78, 5) is 29.0. The minimum atomic E-state index is -0.736. The number of nitro groups is 1. The Kier molecular flexibility index (Phi) is 7.62. The first-order valence-electron chi connectivity index (χ1n) is 8.80. The van der Waals surface area contributed by atoms with Crippen LogP contribution in [0.5, 0.6) is 5.75 Å². The van der Waals surface area contributed by atoms with Gasteiger partial charge in [0.25, 0.3) is 5.88 Å². The lowest BCUT2D eigenvalue weighted by Crippen LogP contribution is -2.45. The fourth-order valence-electron chi connectivity index (χ4n) is 2.68. The highest BCUT2D eigenvalue weighted by atomic mass is 32.2. The van der Waals surface area contributed by atoms with Crippen LogP contribution in [0.1, 0.15) is 18.9 Å². The Balaban J connectivity index is 2.53. The summed E-state index contributed by atoms with van der Waals surface area (Å²) in [6, 6.07) is 6.70. The number of hydrogen-bond acceptors (Lipinski definition) is 11. The second kappa shape index (κ2) is 9.95. The molecule has 0 bridgehead atoms. The molecule has 0 saturated heterocycles. The van der Waals surface area contributed by atoms with Crippen LogP contribution in [0.3, 0.4) is 0 Å². The van der Waals surface area contributed by atoms with Gasteiger partial charge in [-0.1, -0.05) is 0 Å². The molecular weight excluding hydrogens is 412 g/mol. The molecule has 0 aliphatic carbocycles. The summed E-state index contributed by atoms with van der Waals surface area (Å²) >= 11 is 1.21. The average Bonchev–Trinajstić information content (AvgIpc) is 2.69. The van der Waals surface area contributed by atoms with Crippen LogP contribution in [0.25, 0.3) is 0 Å². The molecule has 0 aromatic heterocycles. The summed E-state index contributed by atoms with van der Waals surface area (Å²) in [5, 5.41) is 22.1. The molecule has 1 aromatic rings. The van der Waals surface area contributed by atoms with E-state index < -0.39 is 28.5 Å². The highest BCUT2D eigenvalue weighted by molar-refractivity contribution is 7.99. The summed E-state index contributed by atoms with van der Waals surface area (Å²) < 4.78 is 10.7. The predicted octanol–water partition coefficient (Wildman–Crippen LogP) is 1.68. The van der Waals surface area contributed by atoms with Crippen LogP contribution in [0.4, 0.5) is 5.69 Å². The van der Waals surface area contributed by atoms with E-state index in [0.717, 1.165) is 5.01 Å². The molecule has 1 aliphatic rings. The number of hydrogen-bond donors (Lipinski definition) is 1. The van der Waals surface area contributed by atoms with E-state index in [9.17, 15) is 20.2 Å². The molecule has 12 heteroatoms. The van der Waals surface area contributed by atoms with Crippen molar-refractivity contribution in [2.75, 3.05) is 31.9 Å². The summed E-state index contributed by atoms with van der Waals surface area (Å²) in [5.74, 6) is 5.38. The maximum absolute atomic E-state index is 11.9. The number of ether oxygens (including phenoxy) is 2. The Morgan fingerprint density at radius 2 is 2.20 bits per heavy atom. The highest BCUT2D eigenvalue weighted by Crippen LogP contribution is 2.31. The number of nitrogens with zero attached hydrogens (tertiary/aromatic N) is 5. The zero-order valence-corrected chi connectivity index (χ0v) is 17.8. The summed E-state index contributed by atoms with van der Waals surface area (Å²) in [6.07, 6.45) is 1.33. The normalized spacial score (nSPS) is 15.9. The number of nitrogens with two attached hydrogens (primary N) is 1. The average molecular weight is 434 g/mol. The monoisotopic (exact) mass is 434 g/mol. The Bertz CT molecular complexity index is 939. The Morgan fingerprint density at radius 3 is 2.73 bits per heavy atom. The quantitative estimate of drug-likeness (QED) is 0.277. The van der Waals surface area contributed by atoms with Gasteiger partial charge in [0.05, 0.1) is 29.2 Å². The third kappa shape index (κ3) is 5.00. The van der Waals surface area contributed by atoms with Gasteiger partial charge in [-0.25, -0.2) is 15.8 Å². The molecule has 30 heavy (non-hydrogen) atoms. The molecule has 1 unspecified atom stereocenters. The van der Waals surface area contributed by atoms with E-state index in [2.05, 4.69) is 11.1 Å². The number of carbonyl (C=O) groups is 1. The Hall–Kier alpha value is -3.30. The Morgan fingerprint density at radius 1 is 1.50 bits per heavy atom. The molecule has 0 fully saturated rings. The minimum absolute atomic E-state index is 0.0871. The van der Waals surface area contributed by atoms with Crippen molar-refractivity contribution in [1.82, 2.24) is 5.01 Å². The first-order valence-corrected chi connectivity index (χ1v) is 10.1. The Labute approximate surface area is 177 Å². The van der Waals surface area contributed by atoms with Gasteiger partial charge in [-0.15, -0.1) is 11.8 Å². The van der Waals surface area contributed by atoms with Gasteiger partial charge in [-0.3, -0.25) is 14.9 Å². The van der Waals surface area contributed by atoms with Crippen LogP contribution in [0.2, 0.25) is 0 Å². The van der Waals surface area contributed by atoms with Crippen LogP contribution >= 0.6 is 11.8 Å². The molecule has 1 aliphatic heterocycles. The second-order valence-electron chi connectivity index (χ2n) is 6.22. The molecule has 160 valence electrons. The van der Waals surface area contributed by atoms with Crippen LogP contribution < -0.4 is 15.5 Å². The van der Waals surface area contributed by atoms with E-state index in [-0.39, 0.29) is 24.0 Å². The summed E-state index contributed by atoms with van der Waals surface area (Å²) in [6.45, 7) is 1.78. The third-order valence-electron chi connectivity index (χ3n) is 4.01. The number of aliphatic imine (C=N–C) groups is 1. The van der Waals surface area contributed by atoms with Crippen molar-refractivity contribution >= 4 is 29.1 Å². The molecule has 1 heterocycles. The zero-order valence-electron chi connectivity index (χ0n) is 17.0. The van der Waals surface area contributed by atoms with Gasteiger partial charge in [0, 0.05) is 20.2 Å². The number of nitriles is 1. The van der Waals surface area contributed by atoms with Crippen LogP contribution in [-0.4, -0.2) is 54.1 Å². The number of rotatable bonds is 8. The van der Waals surface area contributed by atoms with Crippen molar-refractivity contribution in [3.63, 3.8) is 0 Å².